The van der Waals surface area contributed by atoms with Crippen molar-refractivity contribution in [2.24, 2.45) is 0 Å². The van der Waals surface area contributed by atoms with E-state index in [1.807, 2.05) is 0 Å². The number of hydrogen-bond acceptors (Lipinski definition) is 6. The van der Waals surface area contributed by atoms with Crippen LogP contribution in [0, 0.1) is 11.3 Å². The highest BCUT2D eigenvalue weighted by molar-refractivity contribution is 7.88. The van der Waals surface area contributed by atoms with Crippen molar-refractivity contribution in [3.8, 4) is 23.1 Å². The molecule has 2 aromatic carbocycles. The number of benzene rings is 2. The second-order valence-corrected chi connectivity index (χ2v) is 11.0. The molecular formula is C27H22F6N4O4S. The van der Waals surface area contributed by atoms with Crippen LogP contribution in [0.1, 0.15) is 54.8 Å². The maximum atomic E-state index is 13.1. The summed E-state index contributed by atoms with van der Waals surface area (Å²) >= 11 is 0. The lowest BCUT2D eigenvalue weighted by Gasteiger charge is -2.23. The van der Waals surface area contributed by atoms with Gasteiger partial charge in [0.2, 0.25) is 0 Å². The number of anilines is 2. The number of urea groups is 1. The van der Waals surface area contributed by atoms with E-state index in [4.69, 9.17) is 0 Å². The van der Waals surface area contributed by atoms with Crippen molar-refractivity contribution >= 4 is 27.5 Å². The summed E-state index contributed by atoms with van der Waals surface area (Å²) in [5.74, 6) is -1.18. The first kappa shape index (κ1) is 30.6. The Bertz CT molecular complexity index is 1610. The second-order valence-electron chi connectivity index (χ2n) is 9.44. The number of nitrogens with one attached hydrogen (secondary N) is 2. The van der Waals surface area contributed by atoms with E-state index in [0.717, 1.165) is 37.5 Å². The molecule has 1 fully saturated rings. The van der Waals surface area contributed by atoms with E-state index in [-0.39, 0.29) is 34.1 Å². The van der Waals surface area contributed by atoms with E-state index in [2.05, 4.69) is 19.8 Å². The molecule has 0 radical (unpaired) electrons. The zero-order valence-corrected chi connectivity index (χ0v) is 22.3. The fourth-order valence-corrected chi connectivity index (χ4v) is 4.92. The average molecular weight is 613 g/mol. The molecule has 0 aliphatic heterocycles. The van der Waals surface area contributed by atoms with E-state index in [0.29, 0.717) is 12.8 Å². The Balaban J connectivity index is 1.63. The Morgan fingerprint density at radius 2 is 1.57 bits per heavy atom. The molecule has 3 aromatic rings. The molecule has 2 amide bonds. The molecule has 1 aliphatic carbocycles. The standard InChI is InChI=1S/C27H22F6N4O4S/c28-26(29,30)18-7-4-8-20(13-18)36-25(38)35-19-11-9-16(10-12-19)21-14-23(17-5-2-1-3-6-17)37-24(22(21)15-34)41-42(39,40)27(31,32)33/h4,7-14,17H,1-3,5-6H2,(H2,35,36,38). The van der Waals surface area contributed by atoms with Crippen molar-refractivity contribution in [1.82, 2.24) is 4.98 Å². The predicted octanol–water partition coefficient (Wildman–Crippen LogP) is 7.56. The average Bonchev–Trinajstić information content (AvgIpc) is 2.92. The van der Waals surface area contributed by atoms with Crippen molar-refractivity contribution in [3.05, 3.63) is 71.4 Å². The number of halogens is 6. The van der Waals surface area contributed by atoms with E-state index < -0.39 is 44.8 Å². The van der Waals surface area contributed by atoms with Crippen LogP contribution in [0.4, 0.5) is 42.5 Å². The largest absolute Gasteiger partial charge is 0.534 e. The Kier molecular flexibility index (Phi) is 8.67. The summed E-state index contributed by atoms with van der Waals surface area (Å²) in [4.78, 5) is 16.4. The van der Waals surface area contributed by atoms with Gasteiger partial charge in [-0.2, -0.15) is 40.0 Å². The highest BCUT2D eigenvalue weighted by Crippen LogP contribution is 2.39. The fraction of sp³-hybridized carbons (Fsp3) is 0.296. The van der Waals surface area contributed by atoms with Gasteiger partial charge in [-0.05, 0) is 54.8 Å². The van der Waals surface area contributed by atoms with Crippen LogP contribution < -0.4 is 14.8 Å². The number of rotatable bonds is 6. The van der Waals surface area contributed by atoms with Gasteiger partial charge in [0, 0.05) is 28.6 Å². The van der Waals surface area contributed by atoms with Gasteiger partial charge in [0.1, 0.15) is 11.6 Å². The monoisotopic (exact) mass is 612 g/mol. The molecule has 222 valence electrons. The zero-order valence-electron chi connectivity index (χ0n) is 21.5. The summed E-state index contributed by atoms with van der Waals surface area (Å²) in [5.41, 5.74) is -6.52. The first-order valence-electron chi connectivity index (χ1n) is 12.5. The SMILES string of the molecule is N#Cc1c(-c2ccc(NC(=O)Nc3cccc(C(F)(F)F)c3)cc2)cc(C2CCCCC2)nc1OS(=O)(=O)C(F)(F)F. The molecule has 0 atom stereocenters. The minimum atomic E-state index is -6.12. The Labute approximate surface area is 236 Å². The van der Waals surface area contributed by atoms with Crippen molar-refractivity contribution in [1.29, 1.82) is 5.26 Å². The van der Waals surface area contributed by atoms with Gasteiger partial charge in [-0.25, -0.2) is 9.78 Å². The van der Waals surface area contributed by atoms with Crippen molar-refractivity contribution < 1.29 is 43.7 Å². The first-order chi connectivity index (χ1) is 19.7. The van der Waals surface area contributed by atoms with Gasteiger partial charge in [0.05, 0.1) is 5.56 Å². The van der Waals surface area contributed by atoms with Gasteiger partial charge in [-0.3, -0.25) is 0 Å². The number of aromatic nitrogens is 1. The van der Waals surface area contributed by atoms with Crippen LogP contribution in [0.2, 0.25) is 0 Å². The van der Waals surface area contributed by atoms with Gasteiger partial charge in [0.15, 0.2) is 0 Å². The quantitative estimate of drug-likeness (QED) is 0.168. The van der Waals surface area contributed by atoms with Crippen LogP contribution in [-0.2, 0) is 16.3 Å². The van der Waals surface area contributed by atoms with Crippen molar-refractivity contribution in [2.45, 2.75) is 49.7 Å². The lowest BCUT2D eigenvalue weighted by atomic mass is 9.85. The molecule has 1 aromatic heterocycles. The Hall–Kier alpha value is -4.32. The van der Waals surface area contributed by atoms with Gasteiger partial charge in [-0.1, -0.05) is 37.5 Å². The molecule has 4 rings (SSSR count). The van der Waals surface area contributed by atoms with Gasteiger partial charge in [-0.15, -0.1) is 0 Å². The number of pyridine rings is 1. The first-order valence-corrected chi connectivity index (χ1v) is 13.9. The molecular weight excluding hydrogens is 590 g/mol. The van der Waals surface area contributed by atoms with Crippen LogP contribution in [0.15, 0.2) is 54.6 Å². The number of carbonyl (C=O) groups is 1. The number of hydrogen-bond donors (Lipinski definition) is 2. The van der Waals surface area contributed by atoms with E-state index in [1.54, 1.807) is 6.07 Å². The van der Waals surface area contributed by atoms with Crippen LogP contribution in [0.3, 0.4) is 0 Å². The molecule has 15 heteroatoms. The molecule has 1 aliphatic rings. The van der Waals surface area contributed by atoms with Crippen molar-refractivity contribution in [2.75, 3.05) is 10.6 Å². The fourth-order valence-electron chi connectivity index (χ4n) is 4.50. The summed E-state index contributed by atoms with van der Waals surface area (Å²) in [6, 6.07) is 12.0. The third-order valence-electron chi connectivity index (χ3n) is 6.51. The summed E-state index contributed by atoms with van der Waals surface area (Å²) in [6.45, 7) is 0. The van der Waals surface area contributed by atoms with Crippen LogP contribution in [0.25, 0.3) is 11.1 Å². The number of amides is 2. The van der Waals surface area contributed by atoms with Crippen LogP contribution in [0.5, 0.6) is 5.88 Å². The lowest BCUT2D eigenvalue weighted by Crippen LogP contribution is -2.29. The van der Waals surface area contributed by atoms with E-state index in [1.165, 1.54) is 36.4 Å². The topological polar surface area (TPSA) is 121 Å². The minimum Gasteiger partial charge on any atom is -0.354 e. The predicted molar refractivity (Wildman–Crippen MR) is 140 cm³/mol. The third kappa shape index (κ3) is 7.11. The Morgan fingerprint density at radius 3 is 2.17 bits per heavy atom. The van der Waals surface area contributed by atoms with Crippen molar-refractivity contribution in [3.63, 3.8) is 0 Å². The lowest BCUT2D eigenvalue weighted by molar-refractivity contribution is -0.137. The molecule has 0 saturated heterocycles. The minimum absolute atomic E-state index is 0.0698. The van der Waals surface area contributed by atoms with Gasteiger partial charge < -0.3 is 14.8 Å². The molecule has 1 heterocycles. The van der Waals surface area contributed by atoms with E-state index in [9.17, 15) is 44.8 Å². The van der Waals surface area contributed by atoms with Gasteiger partial charge in [0.25, 0.3) is 5.88 Å². The maximum Gasteiger partial charge on any atom is 0.534 e. The number of nitrogens with zero attached hydrogens (tertiary/aromatic N) is 2. The molecule has 2 N–H and O–H groups in total. The summed E-state index contributed by atoms with van der Waals surface area (Å²) in [6.07, 6.45) is -0.649. The number of alkyl halides is 6. The normalized spacial score (nSPS) is 14.6. The summed E-state index contributed by atoms with van der Waals surface area (Å²) < 4.78 is 106. The summed E-state index contributed by atoms with van der Waals surface area (Å²) in [5, 5.41) is 14.5. The molecule has 0 bridgehead atoms. The van der Waals surface area contributed by atoms with Gasteiger partial charge >= 0.3 is 27.8 Å². The highest BCUT2D eigenvalue weighted by atomic mass is 32.2. The molecule has 42 heavy (non-hydrogen) atoms. The highest BCUT2D eigenvalue weighted by Gasteiger charge is 2.49. The van der Waals surface area contributed by atoms with E-state index >= 15 is 0 Å². The molecule has 0 unspecified atom stereocenters. The molecule has 0 spiro atoms. The third-order valence-corrected chi connectivity index (χ3v) is 7.46. The van der Waals surface area contributed by atoms with Crippen LogP contribution >= 0.6 is 0 Å². The maximum absolute atomic E-state index is 13.1. The summed E-state index contributed by atoms with van der Waals surface area (Å²) in [7, 11) is -6.12. The smallest absolute Gasteiger partial charge is 0.354 e. The Morgan fingerprint density at radius 1 is 0.929 bits per heavy atom. The number of nitriles is 1. The zero-order chi connectivity index (χ0) is 30.7. The van der Waals surface area contributed by atoms with Crippen LogP contribution in [-0.4, -0.2) is 24.9 Å². The second kappa shape index (κ2) is 11.9. The molecule has 8 nitrogen and oxygen atoms in total. The molecule has 1 saturated carbocycles. The number of carbonyl (C=O) groups excluding carboxylic acids is 1.